The Labute approximate surface area is 121 Å². The standard InChI is InChI=1S/C14H19F3N4/c1-2-21-13-6-4-3-5-11(13)12(20-21)9-10(19-18)7-8-14(15,16)17/h3-6,10,19H,2,7-9,18H2,1H3. The van der Waals surface area contributed by atoms with Crippen LogP contribution >= 0.6 is 0 Å². The van der Waals surface area contributed by atoms with Crippen molar-refractivity contribution < 1.29 is 13.2 Å². The van der Waals surface area contributed by atoms with E-state index in [1.54, 1.807) is 0 Å². The second-order valence-corrected chi connectivity index (χ2v) is 5.00. The second-order valence-electron chi connectivity index (χ2n) is 5.00. The van der Waals surface area contributed by atoms with E-state index in [1.165, 1.54) is 0 Å². The molecule has 1 heterocycles. The molecule has 3 N–H and O–H groups in total. The summed E-state index contributed by atoms with van der Waals surface area (Å²) in [5, 5.41) is 5.44. The van der Waals surface area contributed by atoms with Crippen LogP contribution in [-0.2, 0) is 13.0 Å². The molecule has 1 atom stereocenters. The fourth-order valence-electron chi connectivity index (χ4n) is 2.40. The van der Waals surface area contributed by atoms with E-state index in [-0.39, 0.29) is 6.42 Å². The first-order valence-electron chi connectivity index (χ1n) is 6.92. The van der Waals surface area contributed by atoms with Crippen LogP contribution in [0.15, 0.2) is 24.3 Å². The first-order valence-corrected chi connectivity index (χ1v) is 6.92. The van der Waals surface area contributed by atoms with Crippen molar-refractivity contribution in [2.75, 3.05) is 0 Å². The Morgan fingerprint density at radius 3 is 2.67 bits per heavy atom. The number of hydrazine groups is 1. The number of aryl methyl sites for hydroxylation is 1. The van der Waals surface area contributed by atoms with Crippen molar-refractivity contribution in [2.24, 2.45) is 5.84 Å². The zero-order chi connectivity index (χ0) is 15.5. The summed E-state index contributed by atoms with van der Waals surface area (Å²) in [6.07, 6.45) is -4.71. The number of nitrogens with two attached hydrogens (primary N) is 1. The highest BCUT2D eigenvalue weighted by Crippen LogP contribution is 2.24. The molecule has 0 aliphatic carbocycles. The third-order valence-electron chi connectivity index (χ3n) is 3.49. The number of hydrogen-bond acceptors (Lipinski definition) is 3. The fraction of sp³-hybridized carbons (Fsp3) is 0.500. The van der Waals surface area contributed by atoms with Crippen LogP contribution in [0.4, 0.5) is 13.2 Å². The Morgan fingerprint density at radius 2 is 2.05 bits per heavy atom. The SMILES string of the molecule is CCn1nc(CC(CCC(F)(F)F)NN)c2ccccc21. The van der Waals surface area contributed by atoms with Gasteiger partial charge in [0.25, 0.3) is 0 Å². The fourth-order valence-corrected chi connectivity index (χ4v) is 2.40. The monoisotopic (exact) mass is 300 g/mol. The lowest BCUT2D eigenvalue weighted by Gasteiger charge is -2.15. The van der Waals surface area contributed by atoms with E-state index in [1.807, 2.05) is 35.9 Å². The van der Waals surface area contributed by atoms with Gasteiger partial charge in [0.15, 0.2) is 0 Å². The van der Waals surface area contributed by atoms with Crippen LogP contribution in [0.25, 0.3) is 10.9 Å². The van der Waals surface area contributed by atoms with E-state index in [4.69, 9.17) is 5.84 Å². The summed E-state index contributed by atoms with van der Waals surface area (Å²) in [5.41, 5.74) is 4.23. The van der Waals surface area contributed by atoms with E-state index in [0.29, 0.717) is 13.0 Å². The van der Waals surface area contributed by atoms with Crippen LogP contribution in [0.1, 0.15) is 25.5 Å². The van der Waals surface area contributed by atoms with E-state index in [2.05, 4.69) is 10.5 Å². The van der Waals surface area contributed by atoms with Gasteiger partial charge < -0.3 is 0 Å². The van der Waals surface area contributed by atoms with Gasteiger partial charge >= 0.3 is 6.18 Å². The van der Waals surface area contributed by atoms with Crippen LogP contribution in [0.5, 0.6) is 0 Å². The molecule has 0 saturated carbocycles. The normalized spacial score (nSPS) is 13.8. The lowest BCUT2D eigenvalue weighted by Crippen LogP contribution is -2.37. The van der Waals surface area contributed by atoms with Crippen LogP contribution in [-0.4, -0.2) is 22.0 Å². The number of aromatic nitrogens is 2. The number of para-hydroxylation sites is 1. The predicted octanol–water partition coefficient (Wildman–Crippen LogP) is 2.77. The van der Waals surface area contributed by atoms with E-state index >= 15 is 0 Å². The zero-order valence-electron chi connectivity index (χ0n) is 11.8. The van der Waals surface area contributed by atoms with Gasteiger partial charge in [-0.3, -0.25) is 16.0 Å². The summed E-state index contributed by atoms with van der Waals surface area (Å²) in [6, 6.07) is 7.25. The van der Waals surface area contributed by atoms with Crippen molar-refractivity contribution in [3.8, 4) is 0 Å². The molecule has 0 amide bonds. The summed E-state index contributed by atoms with van der Waals surface area (Å²) in [4.78, 5) is 0. The third kappa shape index (κ3) is 3.95. The number of alkyl halides is 3. The Balaban J connectivity index is 2.18. The van der Waals surface area contributed by atoms with Gasteiger partial charge in [-0.15, -0.1) is 0 Å². The molecule has 1 unspecified atom stereocenters. The molecule has 116 valence electrons. The van der Waals surface area contributed by atoms with Crippen molar-refractivity contribution >= 4 is 10.9 Å². The first kappa shape index (κ1) is 15.8. The Bertz CT molecular complexity index is 591. The van der Waals surface area contributed by atoms with Gasteiger partial charge in [0.05, 0.1) is 11.2 Å². The number of hydrogen-bond donors (Lipinski definition) is 2. The maximum absolute atomic E-state index is 12.3. The van der Waals surface area contributed by atoms with Crippen LogP contribution in [0, 0.1) is 0 Å². The molecular weight excluding hydrogens is 281 g/mol. The van der Waals surface area contributed by atoms with Gasteiger partial charge in [-0.25, -0.2) is 0 Å². The molecule has 0 fully saturated rings. The predicted molar refractivity (Wildman–Crippen MR) is 75.5 cm³/mol. The van der Waals surface area contributed by atoms with E-state index < -0.39 is 18.6 Å². The minimum Gasteiger partial charge on any atom is -0.271 e. The van der Waals surface area contributed by atoms with Crippen LogP contribution in [0.3, 0.4) is 0 Å². The summed E-state index contributed by atoms with van der Waals surface area (Å²) in [5.74, 6) is 5.38. The molecule has 1 aromatic carbocycles. The van der Waals surface area contributed by atoms with Crippen molar-refractivity contribution in [1.29, 1.82) is 0 Å². The zero-order valence-corrected chi connectivity index (χ0v) is 11.8. The molecule has 0 radical (unpaired) electrons. The molecule has 0 aliphatic rings. The topological polar surface area (TPSA) is 55.9 Å². The maximum atomic E-state index is 12.3. The molecular formula is C14H19F3N4. The molecule has 0 bridgehead atoms. The average Bonchev–Trinajstić information content (AvgIpc) is 2.80. The van der Waals surface area contributed by atoms with E-state index in [9.17, 15) is 13.2 Å². The van der Waals surface area contributed by atoms with Gasteiger partial charge in [0, 0.05) is 30.8 Å². The van der Waals surface area contributed by atoms with Gasteiger partial charge in [0.2, 0.25) is 0 Å². The van der Waals surface area contributed by atoms with Gasteiger partial charge in [-0.05, 0) is 19.4 Å². The summed E-state index contributed by atoms with van der Waals surface area (Å²) in [6.45, 7) is 2.69. The van der Waals surface area contributed by atoms with Gasteiger partial charge in [-0.1, -0.05) is 18.2 Å². The summed E-state index contributed by atoms with van der Waals surface area (Å²) in [7, 11) is 0. The number of halogens is 3. The lowest BCUT2D eigenvalue weighted by molar-refractivity contribution is -0.136. The number of benzene rings is 1. The molecule has 2 rings (SSSR count). The highest BCUT2D eigenvalue weighted by Gasteiger charge is 2.28. The van der Waals surface area contributed by atoms with Crippen molar-refractivity contribution in [3.05, 3.63) is 30.0 Å². The highest BCUT2D eigenvalue weighted by molar-refractivity contribution is 5.82. The van der Waals surface area contributed by atoms with Crippen LogP contribution < -0.4 is 11.3 Å². The smallest absolute Gasteiger partial charge is 0.271 e. The number of nitrogens with one attached hydrogen (secondary N) is 1. The number of rotatable bonds is 6. The Kier molecular flexibility index (Phi) is 4.84. The molecule has 2 aromatic rings. The minimum atomic E-state index is -4.17. The molecule has 0 spiro atoms. The lowest BCUT2D eigenvalue weighted by atomic mass is 10.0. The van der Waals surface area contributed by atoms with Gasteiger partial charge in [-0.2, -0.15) is 18.3 Å². The maximum Gasteiger partial charge on any atom is 0.389 e. The largest absolute Gasteiger partial charge is 0.389 e. The first-order chi connectivity index (χ1) is 9.94. The second kappa shape index (κ2) is 6.44. The molecule has 7 heteroatoms. The molecule has 0 saturated heterocycles. The third-order valence-corrected chi connectivity index (χ3v) is 3.49. The molecule has 0 aliphatic heterocycles. The van der Waals surface area contributed by atoms with E-state index in [0.717, 1.165) is 16.6 Å². The highest BCUT2D eigenvalue weighted by atomic mass is 19.4. The van der Waals surface area contributed by atoms with Crippen molar-refractivity contribution in [2.45, 2.75) is 44.9 Å². The quantitative estimate of drug-likeness (QED) is 0.637. The summed E-state index contributed by atoms with van der Waals surface area (Å²) >= 11 is 0. The molecule has 21 heavy (non-hydrogen) atoms. The molecule has 4 nitrogen and oxygen atoms in total. The average molecular weight is 300 g/mol. The molecule has 1 aromatic heterocycles. The number of fused-ring (bicyclic) bond motifs is 1. The van der Waals surface area contributed by atoms with Gasteiger partial charge in [0.1, 0.15) is 0 Å². The van der Waals surface area contributed by atoms with Crippen LogP contribution in [0.2, 0.25) is 0 Å². The van der Waals surface area contributed by atoms with Crippen molar-refractivity contribution in [3.63, 3.8) is 0 Å². The Morgan fingerprint density at radius 1 is 1.33 bits per heavy atom. The minimum absolute atomic E-state index is 0.0622. The Hall–Kier alpha value is -1.60. The number of nitrogens with zero attached hydrogens (tertiary/aromatic N) is 2. The van der Waals surface area contributed by atoms with Crippen molar-refractivity contribution in [1.82, 2.24) is 15.2 Å². The summed E-state index contributed by atoms with van der Waals surface area (Å²) < 4.78 is 38.8.